The number of fused-ring (bicyclic) bond motifs is 3. The normalized spacial score (nSPS) is 23.0. The molecule has 1 aliphatic heterocycles. The third-order valence-corrected chi connectivity index (χ3v) is 7.93. The molecule has 1 saturated heterocycles. The van der Waals surface area contributed by atoms with Crippen LogP contribution in [0.15, 0.2) is 59.2 Å². The summed E-state index contributed by atoms with van der Waals surface area (Å²) in [5.74, 6) is 0.271. The van der Waals surface area contributed by atoms with Crippen molar-refractivity contribution in [3.8, 4) is 0 Å². The molecule has 0 spiro atoms. The van der Waals surface area contributed by atoms with E-state index in [4.69, 9.17) is 4.74 Å². The molecule has 4 aliphatic rings. The van der Waals surface area contributed by atoms with Crippen molar-refractivity contribution in [2.75, 3.05) is 20.2 Å². The van der Waals surface area contributed by atoms with Crippen LogP contribution in [0.4, 0.5) is 0 Å². The van der Waals surface area contributed by atoms with Gasteiger partial charge in [0, 0.05) is 18.5 Å². The molecule has 6 nitrogen and oxygen atoms in total. The second-order valence-electron chi connectivity index (χ2n) is 11.5. The van der Waals surface area contributed by atoms with Gasteiger partial charge in [0.05, 0.1) is 13.5 Å². The summed E-state index contributed by atoms with van der Waals surface area (Å²) in [7, 11) is 1.27. The van der Waals surface area contributed by atoms with E-state index in [1.54, 1.807) is 20.8 Å². The maximum absolute atomic E-state index is 13.2. The zero-order valence-electron chi connectivity index (χ0n) is 22.2. The molecule has 3 atom stereocenters. The molecule has 2 amide bonds. The van der Waals surface area contributed by atoms with Crippen LogP contribution >= 0.6 is 0 Å². The van der Waals surface area contributed by atoms with E-state index in [-0.39, 0.29) is 18.2 Å². The number of amides is 2. The smallest absolute Gasteiger partial charge is 0.328 e. The number of hydrogen-bond donors (Lipinski definition) is 1. The summed E-state index contributed by atoms with van der Waals surface area (Å²) in [5.41, 5.74) is 7.31. The van der Waals surface area contributed by atoms with Gasteiger partial charge in [-0.1, -0.05) is 74.9 Å². The molecule has 0 radical (unpaired) electrons. The van der Waals surface area contributed by atoms with Crippen LogP contribution in [0.3, 0.4) is 0 Å². The van der Waals surface area contributed by atoms with Crippen LogP contribution in [0.2, 0.25) is 0 Å². The molecule has 0 aromatic heterocycles. The summed E-state index contributed by atoms with van der Waals surface area (Å²) in [6, 6.07) is 7.58. The number of carbonyl (C=O) groups is 3. The Morgan fingerprint density at radius 3 is 2.51 bits per heavy atom. The van der Waals surface area contributed by atoms with Crippen molar-refractivity contribution < 1.29 is 19.1 Å². The van der Waals surface area contributed by atoms with E-state index < -0.39 is 17.4 Å². The van der Waals surface area contributed by atoms with E-state index in [0.29, 0.717) is 24.9 Å². The molecule has 1 aromatic carbocycles. The molecule has 194 valence electrons. The zero-order valence-corrected chi connectivity index (χ0v) is 22.2. The van der Waals surface area contributed by atoms with E-state index >= 15 is 0 Å². The van der Waals surface area contributed by atoms with E-state index in [0.717, 1.165) is 12.8 Å². The molecule has 0 bridgehead atoms. The highest BCUT2D eigenvalue weighted by Gasteiger charge is 2.42. The number of nitrogens with zero attached hydrogens (tertiary/aromatic N) is 1. The molecule has 1 N–H and O–H groups in total. The van der Waals surface area contributed by atoms with Gasteiger partial charge in [0.2, 0.25) is 11.8 Å². The zero-order chi connectivity index (χ0) is 26.3. The molecule has 1 aromatic rings. The first-order chi connectivity index (χ1) is 17.7. The van der Waals surface area contributed by atoms with Gasteiger partial charge in [-0.2, -0.15) is 0 Å². The lowest BCUT2D eigenvalue weighted by atomic mass is 9.83. The minimum absolute atomic E-state index is 0.103. The SMILES string of the molecule is COC(=O)C(CC(=O)N1CCC(=C2C3=C(C=Cc4ccccc42)C2CC2C=C3)CC1)NC(=O)C(C)(C)C. The summed E-state index contributed by atoms with van der Waals surface area (Å²) in [4.78, 5) is 39.8. The highest BCUT2D eigenvalue weighted by atomic mass is 16.5. The van der Waals surface area contributed by atoms with Crippen molar-refractivity contribution in [3.63, 3.8) is 0 Å². The summed E-state index contributed by atoms with van der Waals surface area (Å²) >= 11 is 0. The molecule has 37 heavy (non-hydrogen) atoms. The van der Waals surface area contributed by atoms with Gasteiger partial charge in [0.25, 0.3) is 0 Å². The fraction of sp³-hybridized carbons (Fsp3) is 0.452. The highest BCUT2D eigenvalue weighted by Crippen LogP contribution is 2.53. The average Bonchev–Trinajstić information content (AvgIpc) is 3.69. The number of carbonyl (C=O) groups excluding carboxylic acids is 3. The maximum atomic E-state index is 13.2. The topological polar surface area (TPSA) is 75.7 Å². The van der Waals surface area contributed by atoms with Gasteiger partial charge in [-0.15, -0.1) is 0 Å². The minimum atomic E-state index is -0.990. The van der Waals surface area contributed by atoms with Gasteiger partial charge >= 0.3 is 5.97 Å². The van der Waals surface area contributed by atoms with Gasteiger partial charge in [-0.05, 0) is 58.9 Å². The number of rotatable bonds is 4. The Kier molecular flexibility index (Phi) is 6.69. The molecular weight excluding hydrogens is 464 g/mol. The Morgan fingerprint density at radius 2 is 1.81 bits per heavy atom. The first-order valence-corrected chi connectivity index (χ1v) is 13.3. The number of esters is 1. The largest absolute Gasteiger partial charge is 0.467 e. The second kappa shape index (κ2) is 9.81. The monoisotopic (exact) mass is 500 g/mol. The van der Waals surface area contributed by atoms with Crippen LogP contribution in [-0.4, -0.2) is 48.9 Å². The summed E-state index contributed by atoms with van der Waals surface area (Å²) in [5, 5.41) is 2.70. The van der Waals surface area contributed by atoms with E-state index in [1.807, 2.05) is 4.90 Å². The predicted octanol–water partition coefficient (Wildman–Crippen LogP) is 4.69. The van der Waals surface area contributed by atoms with Gasteiger partial charge in [-0.25, -0.2) is 4.79 Å². The number of hydrogen-bond acceptors (Lipinski definition) is 4. The van der Waals surface area contributed by atoms with Crippen LogP contribution in [0.25, 0.3) is 11.6 Å². The number of piperidine rings is 1. The number of nitrogens with one attached hydrogen (secondary N) is 1. The predicted molar refractivity (Wildman–Crippen MR) is 144 cm³/mol. The van der Waals surface area contributed by atoms with Gasteiger partial charge in [0.15, 0.2) is 0 Å². The summed E-state index contributed by atoms with van der Waals surface area (Å²) < 4.78 is 4.87. The first-order valence-electron chi connectivity index (χ1n) is 13.3. The lowest BCUT2D eigenvalue weighted by molar-refractivity contribution is -0.149. The molecule has 2 fully saturated rings. The number of likely N-dealkylation sites (tertiary alicyclic amines) is 1. The number of benzene rings is 1. The van der Waals surface area contributed by atoms with Gasteiger partial charge in [-0.3, -0.25) is 9.59 Å². The van der Waals surface area contributed by atoms with Crippen molar-refractivity contribution in [2.45, 2.75) is 52.5 Å². The van der Waals surface area contributed by atoms with E-state index in [1.165, 1.54) is 46.9 Å². The Morgan fingerprint density at radius 1 is 1.08 bits per heavy atom. The molecule has 5 rings (SSSR count). The summed E-state index contributed by atoms with van der Waals surface area (Å²) in [6.45, 7) is 6.49. The van der Waals surface area contributed by atoms with Crippen molar-refractivity contribution >= 4 is 29.4 Å². The standard InChI is InChI=1S/C31H36N2O4/c1-31(2,3)30(36)32-26(29(35)37-4)18-27(34)33-15-13-20(14-16-33)28-22-8-6-5-7-19(22)9-11-23-24(28)12-10-21-17-25(21)23/h5-12,21,25-26H,13-18H2,1-4H3,(H,32,36). The van der Waals surface area contributed by atoms with Crippen molar-refractivity contribution in [1.29, 1.82) is 0 Å². The number of ether oxygens (including phenoxy) is 1. The minimum Gasteiger partial charge on any atom is -0.467 e. The van der Waals surface area contributed by atoms with Gasteiger partial charge < -0.3 is 15.0 Å². The lowest BCUT2D eigenvalue weighted by Gasteiger charge is -2.32. The van der Waals surface area contributed by atoms with Crippen molar-refractivity contribution in [3.05, 3.63) is 70.3 Å². The summed E-state index contributed by atoms with van der Waals surface area (Å²) in [6.07, 6.45) is 11.9. The molecule has 3 aliphatic carbocycles. The van der Waals surface area contributed by atoms with Crippen LogP contribution in [-0.2, 0) is 19.1 Å². The van der Waals surface area contributed by atoms with E-state index in [9.17, 15) is 14.4 Å². The molecule has 6 heteroatoms. The molecule has 3 unspecified atom stereocenters. The number of methoxy groups -OCH3 is 1. The Labute approximate surface area is 219 Å². The van der Waals surface area contributed by atoms with Crippen LogP contribution in [0.1, 0.15) is 57.6 Å². The Balaban J connectivity index is 1.35. The fourth-order valence-electron chi connectivity index (χ4n) is 5.61. The first kappa shape index (κ1) is 25.2. The van der Waals surface area contributed by atoms with Crippen LogP contribution in [0.5, 0.6) is 0 Å². The fourth-order valence-corrected chi connectivity index (χ4v) is 5.61. The van der Waals surface area contributed by atoms with Crippen LogP contribution < -0.4 is 5.32 Å². The molecule has 1 heterocycles. The van der Waals surface area contributed by atoms with Crippen LogP contribution in [0, 0.1) is 17.3 Å². The quantitative estimate of drug-likeness (QED) is 0.609. The molecular formula is C31H36N2O4. The Hall–Kier alpha value is -3.41. The number of allylic oxidation sites excluding steroid dienone is 6. The third-order valence-electron chi connectivity index (χ3n) is 7.93. The second-order valence-corrected chi connectivity index (χ2v) is 11.5. The Bertz CT molecular complexity index is 1250. The molecule has 1 saturated carbocycles. The van der Waals surface area contributed by atoms with Gasteiger partial charge in [0.1, 0.15) is 6.04 Å². The average molecular weight is 501 g/mol. The lowest BCUT2D eigenvalue weighted by Crippen LogP contribution is -2.49. The highest BCUT2D eigenvalue weighted by molar-refractivity contribution is 5.93. The maximum Gasteiger partial charge on any atom is 0.328 e. The van der Waals surface area contributed by atoms with E-state index in [2.05, 4.69) is 53.9 Å². The van der Waals surface area contributed by atoms with Crippen molar-refractivity contribution in [1.82, 2.24) is 10.2 Å². The van der Waals surface area contributed by atoms with Crippen molar-refractivity contribution in [2.24, 2.45) is 17.3 Å². The third kappa shape index (κ3) is 5.07.